The number of hydrogen-bond donors (Lipinski definition) is 1. The van der Waals surface area contributed by atoms with Gasteiger partial charge in [0.1, 0.15) is 17.2 Å². The van der Waals surface area contributed by atoms with E-state index in [1.54, 1.807) is 18.2 Å². The van der Waals surface area contributed by atoms with Gasteiger partial charge in [-0.1, -0.05) is 18.2 Å². The highest BCUT2D eigenvalue weighted by Gasteiger charge is 2.17. The molecule has 0 bridgehead atoms. The molecule has 0 atom stereocenters. The second kappa shape index (κ2) is 8.34. The van der Waals surface area contributed by atoms with Crippen LogP contribution in [0.3, 0.4) is 0 Å². The number of hydrogen-bond acceptors (Lipinski definition) is 4. The van der Waals surface area contributed by atoms with Gasteiger partial charge in [0.05, 0.1) is 5.69 Å². The topological polar surface area (TPSA) is 58.1 Å². The number of carbonyl (C=O) groups excluding carboxylic acids is 1. The molecule has 4 rings (SSSR count). The van der Waals surface area contributed by atoms with E-state index in [0.29, 0.717) is 11.4 Å². The van der Waals surface area contributed by atoms with Crippen LogP contribution in [0.25, 0.3) is 11.3 Å². The smallest absolute Gasteiger partial charge is 0.261 e. The van der Waals surface area contributed by atoms with Gasteiger partial charge >= 0.3 is 0 Å². The van der Waals surface area contributed by atoms with Crippen molar-refractivity contribution in [1.82, 2.24) is 10.2 Å². The zero-order valence-electron chi connectivity index (χ0n) is 15.7. The van der Waals surface area contributed by atoms with Crippen LogP contribution in [0.4, 0.5) is 20.3 Å². The predicted octanol–water partition coefficient (Wildman–Crippen LogP) is 4.66. The Morgan fingerprint density at radius 2 is 1.62 bits per heavy atom. The van der Waals surface area contributed by atoms with E-state index in [9.17, 15) is 13.6 Å². The van der Waals surface area contributed by atoms with Gasteiger partial charge in [-0.2, -0.15) is 0 Å². The van der Waals surface area contributed by atoms with Crippen LogP contribution in [0.1, 0.15) is 29.6 Å². The second-order valence-electron chi connectivity index (χ2n) is 6.96. The van der Waals surface area contributed by atoms with Crippen molar-refractivity contribution in [2.75, 3.05) is 23.3 Å². The summed E-state index contributed by atoms with van der Waals surface area (Å²) < 4.78 is 27.6. The number of aromatic nitrogens is 2. The molecule has 1 aromatic heterocycles. The predicted molar refractivity (Wildman–Crippen MR) is 108 cm³/mol. The highest BCUT2D eigenvalue weighted by Crippen LogP contribution is 2.24. The van der Waals surface area contributed by atoms with E-state index in [1.807, 2.05) is 18.2 Å². The van der Waals surface area contributed by atoms with E-state index in [-0.39, 0.29) is 0 Å². The lowest BCUT2D eigenvalue weighted by atomic mass is 10.1. The number of nitrogens with zero attached hydrogens (tertiary/aromatic N) is 3. The molecule has 0 unspecified atom stereocenters. The van der Waals surface area contributed by atoms with Crippen LogP contribution in [0.2, 0.25) is 0 Å². The lowest BCUT2D eigenvalue weighted by molar-refractivity contribution is 0.101. The van der Waals surface area contributed by atoms with Crippen LogP contribution in [-0.2, 0) is 0 Å². The van der Waals surface area contributed by atoms with Gasteiger partial charge < -0.3 is 10.2 Å². The molecule has 1 aliphatic heterocycles. The first-order valence-corrected chi connectivity index (χ1v) is 9.56. The normalized spacial score (nSPS) is 13.9. The second-order valence-corrected chi connectivity index (χ2v) is 6.96. The van der Waals surface area contributed by atoms with Gasteiger partial charge in [-0.25, -0.2) is 8.78 Å². The molecule has 0 aliphatic carbocycles. The van der Waals surface area contributed by atoms with E-state index in [1.165, 1.54) is 12.5 Å². The van der Waals surface area contributed by atoms with E-state index in [4.69, 9.17) is 0 Å². The summed E-state index contributed by atoms with van der Waals surface area (Å²) in [5, 5.41) is 11.2. The molecule has 0 radical (unpaired) electrons. The van der Waals surface area contributed by atoms with Gasteiger partial charge in [0, 0.05) is 24.3 Å². The van der Waals surface area contributed by atoms with Gasteiger partial charge in [0.2, 0.25) is 0 Å². The monoisotopic (exact) mass is 394 g/mol. The van der Waals surface area contributed by atoms with Gasteiger partial charge in [-0.15, -0.1) is 10.2 Å². The number of piperidine rings is 1. The zero-order chi connectivity index (χ0) is 20.2. The summed E-state index contributed by atoms with van der Waals surface area (Å²) in [5.74, 6) is -1.80. The maximum Gasteiger partial charge on any atom is 0.261 e. The largest absolute Gasteiger partial charge is 0.355 e. The summed E-state index contributed by atoms with van der Waals surface area (Å²) in [5.41, 5.74) is 1.20. The minimum Gasteiger partial charge on any atom is -0.355 e. The van der Waals surface area contributed by atoms with Crippen molar-refractivity contribution in [3.05, 3.63) is 71.8 Å². The van der Waals surface area contributed by atoms with Crippen LogP contribution >= 0.6 is 0 Å². The Morgan fingerprint density at radius 3 is 2.31 bits per heavy atom. The Kier molecular flexibility index (Phi) is 5.46. The van der Waals surface area contributed by atoms with Crippen molar-refractivity contribution in [2.45, 2.75) is 19.3 Å². The van der Waals surface area contributed by atoms with Crippen LogP contribution in [0.15, 0.2) is 54.6 Å². The van der Waals surface area contributed by atoms with Crippen LogP contribution < -0.4 is 10.2 Å². The van der Waals surface area contributed by atoms with Gasteiger partial charge in [-0.3, -0.25) is 4.79 Å². The number of amides is 1. The molecule has 2 heterocycles. The van der Waals surface area contributed by atoms with Gasteiger partial charge in [0.25, 0.3) is 5.91 Å². The first kappa shape index (κ1) is 19.0. The van der Waals surface area contributed by atoms with Crippen molar-refractivity contribution >= 4 is 17.4 Å². The average Bonchev–Trinajstić information content (AvgIpc) is 2.74. The third-order valence-electron chi connectivity index (χ3n) is 4.94. The molecular formula is C22H20F2N4O. The highest BCUT2D eigenvalue weighted by atomic mass is 19.1. The molecule has 1 N–H and O–H groups in total. The SMILES string of the molecule is O=C(Nc1cccc(-c2ccc(N3CCCCC3)nn2)c1)c1c(F)cccc1F. The zero-order valence-corrected chi connectivity index (χ0v) is 15.7. The number of rotatable bonds is 4. The summed E-state index contributed by atoms with van der Waals surface area (Å²) in [6.07, 6.45) is 3.57. The maximum absolute atomic E-state index is 13.8. The summed E-state index contributed by atoms with van der Waals surface area (Å²) in [6, 6.07) is 14.1. The Balaban J connectivity index is 1.52. The molecule has 5 nitrogen and oxygen atoms in total. The molecule has 1 fully saturated rings. The molecular weight excluding hydrogens is 374 g/mol. The molecule has 0 spiro atoms. The Morgan fingerprint density at radius 1 is 0.897 bits per heavy atom. The third-order valence-corrected chi connectivity index (χ3v) is 4.94. The molecule has 1 amide bonds. The summed E-state index contributed by atoms with van der Waals surface area (Å²) in [6.45, 7) is 1.98. The average molecular weight is 394 g/mol. The van der Waals surface area contributed by atoms with E-state index in [2.05, 4.69) is 20.4 Å². The first-order valence-electron chi connectivity index (χ1n) is 9.56. The van der Waals surface area contributed by atoms with Crippen LogP contribution in [0, 0.1) is 11.6 Å². The molecule has 1 aliphatic rings. The van der Waals surface area contributed by atoms with Crippen LogP contribution in [0.5, 0.6) is 0 Å². The molecule has 29 heavy (non-hydrogen) atoms. The van der Waals surface area contributed by atoms with Crippen molar-refractivity contribution in [3.8, 4) is 11.3 Å². The minimum atomic E-state index is -0.905. The Hall–Kier alpha value is -3.35. The van der Waals surface area contributed by atoms with Crippen molar-refractivity contribution in [1.29, 1.82) is 0 Å². The number of nitrogens with one attached hydrogen (secondary N) is 1. The molecule has 1 saturated heterocycles. The minimum absolute atomic E-state index is 0.414. The Bertz CT molecular complexity index is 997. The van der Waals surface area contributed by atoms with Crippen molar-refractivity contribution < 1.29 is 13.6 Å². The fourth-order valence-corrected chi connectivity index (χ4v) is 3.44. The summed E-state index contributed by atoms with van der Waals surface area (Å²) in [4.78, 5) is 14.5. The van der Waals surface area contributed by atoms with E-state index < -0.39 is 23.1 Å². The Labute approximate surface area is 167 Å². The lowest BCUT2D eigenvalue weighted by Crippen LogP contribution is -2.30. The third kappa shape index (κ3) is 4.23. The number of halogens is 2. The van der Waals surface area contributed by atoms with Crippen LogP contribution in [-0.4, -0.2) is 29.2 Å². The van der Waals surface area contributed by atoms with Crippen molar-refractivity contribution in [3.63, 3.8) is 0 Å². The highest BCUT2D eigenvalue weighted by molar-refractivity contribution is 6.04. The fourth-order valence-electron chi connectivity index (χ4n) is 3.44. The lowest BCUT2D eigenvalue weighted by Gasteiger charge is -2.27. The number of anilines is 2. The molecule has 2 aromatic carbocycles. The van der Waals surface area contributed by atoms with Gasteiger partial charge in [0.15, 0.2) is 5.82 Å². The summed E-state index contributed by atoms with van der Waals surface area (Å²) >= 11 is 0. The van der Waals surface area contributed by atoms with E-state index >= 15 is 0 Å². The molecule has 148 valence electrons. The first-order chi connectivity index (χ1) is 14.1. The quantitative estimate of drug-likeness (QED) is 0.699. The van der Waals surface area contributed by atoms with E-state index in [0.717, 1.165) is 49.4 Å². The number of benzene rings is 2. The molecule has 0 saturated carbocycles. The van der Waals surface area contributed by atoms with Gasteiger partial charge in [-0.05, 0) is 55.7 Å². The standard InChI is InChI=1S/C22H20F2N4O/c23-17-8-5-9-18(24)21(17)22(29)25-16-7-4-6-15(14-16)19-10-11-20(27-26-19)28-12-2-1-3-13-28/h4-11,14H,1-3,12-13H2,(H,25,29). The molecule has 7 heteroatoms. The maximum atomic E-state index is 13.8. The number of carbonyl (C=O) groups is 1. The fraction of sp³-hybridized carbons (Fsp3) is 0.227. The molecule has 3 aromatic rings. The summed E-state index contributed by atoms with van der Waals surface area (Å²) in [7, 11) is 0. The van der Waals surface area contributed by atoms with Crippen molar-refractivity contribution in [2.24, 2.45) is 0 Å².